The Morgan fingerprint density at radius 1 is 0.893 bits per heavy atom. The molecule has 0 aliphatic heterocycles. The van der Waals surface area contributed by atoms with Crippen LogP contribution < -0.4 is 5.32 Å². The fourth-order valence-electron chi connectivity index (χ4n) is 3.47. The predicted octanol–water partition coefficient (Wildman–Crippen LogP) is 6.43. The minimum Gasteiger partial charge on any atom is -0.391 e. The monoisotopic (exact) mass is 381 g/mol. The average Bonchev–Trinajstić information content (AvgIpc) is 2.66. The topological polar surface area (TPSA) is 12.0 Å². The maximum absolute atomic E-state index is 13.7. The molecule has 1 N–H and O–H groups in total. The number of nitrogens with one attached hydrogen (secondary N) is 1. The first-order valence-corrected chi connectivity index (χ1v) is 10.5. The van der Waals surface area contributed by atoms with Gasteiger partial charge in [0.05, 0.1) is 0 Å². The summed E-state index contributed by atoms with van der Waals surface area (Å²) in [6.07, 6.45) is 7.74. The Labute approximate surface area is 171 Å². The van der Waals surface area contributed by atoms with Gasteiger partial charge in [0.25, 0.3) is 0 Å². The van der Waals surface area contributed by atoms with Crippen LogP contribution in [0.15, 0.2) is 49.2 Å². The third-order valence-electron chi connectivity index (χ3n) is 5.29. The second-order valence-electron chi connectivity index (χ2n) is 8.85. The summed E-state index contributed by atoms with van der Waals surface area (Å²) in [7, 11) is 0. The van der Waals surface area contributed by atoms with Crippen molar-refractivity contribution in [2.75, 3.05) is 6.54 Å². The van der Waals surface area contributed by atoms with Gasteiger partial charge in [-0.05, 0) is 84.0 Å². The van der Waals surface area contributed by atoms with Gasteiger partial charge in [-0.25, -0.2) is 4.39 Å². The van der Waals surface area contributed by atoms with E-state index in [4.69, 9.17) is 0 Å². The first kappa shape index (κ1) is 22.2. The Morgan fingerprint density at radius 2 is 1.54 bits per heavy atom. The van der Waals surface area contributed by atoms with Crippen molar-refractivity contribution in [1.29, 1.82) is 0 Å². The Kier molecular flexibility index (Phi) is 8.29. The van der Waals surface area contributed by atoms with Crippen molar-refractivity contribution in [1.82, 2.24) is 5.32 Å². The molecule has 0 saturated carbocycles. The van der Waals surface area contributed by atoms with Crippen molar-refractivity contribution >= 4 is 0 Å². The summed E-state index contributed by atoms with van der Waals surface area (Å²) in [6.45, 7) is 13.6. The third-order valence-corrected chi connectivity index (χ3v) is 5.29. The van der Waals surface area contributed by atoms with Crippen LogP contribution >= 0.6 is 0 Å². The first-order chi connectivity index (χ1) is 13.3. The molecule has 0 bridgehead atoms. The van der Waals surface area contributed by atoms with Crippen LogP contribution in [-0.2, 0) is 32.1 Å². The first-order valence-electron chi connectivity index (χ1n) is 10.5. The van der Waals surface area contributed by atoms with E-state index in [1.807, 2.05) is 19.1 Å². The average molecular weight is 382 g/mol. The summed E-state index contributed by atoms with van der Waals surface area (Å²) in [4.78, 5) is 0. The second-order valence-corrected chi connectivity index (χ2v) is 8.85. The van der Waals surface area contributed by atoms with E-state index in [2.05, 4.69) is 50.9 Å². The fraction of sp³-hybridized carbons (Fsp3) is 0.462. The van der Waals surface area contributed by atoms with E-state index in [0.29, 0.717) is 5.41 Å². The van der Waals surface area contributed by atoms with Crippen molar-refractivity contribution in [2.24, 2.45) is 5.41 Å². The molecule has 0 radical (unpaired) electrons. The molecule has 2 aromatic carbocycles. The van der Waals surface area contributed by atoms with E-state index in [1.165, 1.54) is 28.7 Å². The van der Waals surface area contributed by atoms with Crippen LogP contribution in [0.2, 0.25) is 0 Å². The third kappa shape index (κ3) is 7.14. The summed E-state index contributed by atoms with van der Waals surface area (Å²) in [5.41, 5.74) is 6.62. The molecule has 0 spiro atoms. The summed E-state index contributed by atoms with van der Waals surface area (Å²) < 4.78 is 13.7. The van der Waals surface area contributed by atoms with Gasteiger partial charge in [0.15, 0.2) is 0 Å². The summed E-state index contributed by atoms with van der Waals surface area (Å²) >= 11 is 0. The Balaban J connectivity index is 2.10. The Morgan fingerprint density at radius 3 is 2.14 bits per heavy atom. The lowest BCUT2D eigenvalue weighted by Gasteiger charge is -2.20. The normalized spacial score (nSPS) is 11.5. The number of hydrogen-bond acceptors (Lipinski definition) is 1. The molecule has 2 aromatic rings. The summed E-state index contributed by atoms with van der Waals surface area (Å²) in [5, 5.41) is 3.22. The van der Waals surface area contributed by atoms with Crippen molar-refractivity contribution in [3.8, 4) is 0 Å². The standard InChI is InChI=1S/C26H36FN/c1-6-22-18-21(11-13-25(22)27)9-8-20-10-12-23(14-16-26(3,4)5)24(19-20)15-17-28-7-2/h7,10-13,18-19,28H,2,6,8-9,14-17H2,1,3-5H3. The van der Waals surface area contributed by atoms with Gasteiger partial charge in [0.1, 0.15) is 5.82 Å². The van der Waals surface area contributed by atoms with Crippen LogP contribution in [0.5, 0.6) is 0 Å². The molecule has 28 heavy (non-hydrogen) atoms. The molecule has 0 atom stereocenters. The Hall–Kier alpha value is -2.09. The predicted molar refractivity (Wildman–Crippen MR) is 119 cm³/mol. The SMILES string of the molecule is C=CNCCc1cc(CCc2ccc(F)c(CC)c2)ccc1CCC(C)(C)C. The van der Waals surface area contributed by atoms with Gasteiger partial charge in [0, 0.05) is 6.54 Å². The molecule has 0 unspecified atom stereocenters. The van der Waals surface area contributed by atoms with E-state index in [1.54, 1.807) is 12.3 Å². The van der Waals surface area contributed by atoms with Gasteiger partial charge in [-0.2, -0.15) is 0 Å². The van der Waals surface area contributed by atoms with Gasteiger partial charge in [-0.1, -0.05) is 64.6 Å². The smallest absolute Gasteiger partial charge is 0.126 e. The molecule has 152 valence electrons. The summed E-state index contributed by atoms with van der Waals surface area (Å²) in [5.74, 6) is -0.0912. The lowest BCUT2D eigenvalue weighted by Crippen LogP contribution is -2.12. The quantitative estimate of drug-likeness (QED) is 0.468. The van der Waals surface area contributed by atoms with Crippen molar-refractivity contribution in [2.45, 2.75) is 66.2 Å². The lowest BCUT2D eigenvalue weighted by molar-refractivity contribution is 0.377. The molecule has 2 heteroatoms. The van der Waals surface area contributed by atoms with Gasteiger partial charge >= 0.3 is 0 Å². The maximum atomic E-state index is 13.7. The molecular weight excluding hydrogens is 345 g/mol. The highest BCUT2D eigenvalue weighted by Crippen LogP contribution is 2.24. The van der Waals surface area contributed by atoms with E-state index in [-0.39, 0.29) is 5.82 Å². The molecule has 1 nitrogen and oxygen atoms in total. The van der Waals surface area contributed by atoms with Crippen LogP contribution in [0.4, 0.5) is 4.39 Å². The van der Waals surface area contributed by atoms with Crippen LogP contribution in [0.25, 0.3) is 0 Å². The molecule has 0 aromatic heterocycles. The zero-order valence-corrected chi connectivity index (χ0v) is 18.1. The Bertz CT molecular complexity index is 770. The van der Waals surface area contributed by atoms with Crippen LogP contribution in [-0.4, -0.2) is 6.54 Å². The van der Waals surface area contributed by atoms with Gasteiger partial charge in [0.2, 0.25) is 0 Å². The maximum Gasteiger partial charge on any atom is 0.126 e. The van der Waals surface area contributed by atoms with E-state index in [9.17, 15) is 4.39 Å². The fourth-order valence-corrected chi connectivity index (χ4v) is 3.47. The molecule has 0 aliphatic rings. The molecule has 0 amide bonds. The number of benzene rings is 2. The zero-order valence-electron chi connectivity index (χ0n) is 18.1. The van der Waals surface area contributed by atoms with Crippen LogP contribution in [0, 0.1) is 11.2 Å². The molecule has 0 aliphatic carbocycles. The van der Waals surface area contributed by atoms with Crippen LogP contribution in [0.3, 0.4) is 0 Å². The molecule has 2 rings (SSSR count). The second kappa shape index (κ2) is 10.5. The van der Waals surface area contributed by atoms with E-state index < -0.39 is 0 Å². The number of hydrogen-bond donors (Lipinski definition) is 1. The van der Waals surface area contributed by atoms with E-state index >= 15 is 0 Å². The molecule has 0 heterocycles. The highest BCUT2D eigenvalue weighted by molar-refractivity contribution is 5.34. The van der Waals surface area contributed by atoms with Gasteiger partial charge in [-0.3, -0.25) is 0 Å². The molecule has 0 fully saturated rings. The molecular formula is C26H36FN. The van der Waals surface area contributed by atoms with Gasteiger partial charge < -0.3 is 5.32 Å². The minimum atomic E-state index is -0.0912. The van der Waals surface area contributed by atoms with Crippen molar-refractivity contribution in [3.63, 3.8) is 0 Å². The number of rotatable bonds is 10. The highest BCUT2D eigenvalue weighted by atomic mass is 19.1. The van der Waals surface area contributed by atoms with E-state index in [0.717, 1.165) is 44.2 Å². The zero-order chi connectivity index (χ0) is 20.6. The largest absolute Gasteiger partial charge is 0.391 e. The van der Waals surface area contributed by atoms with Crippen LogP contribution in [0.1, 0.15) is 61.9 Å². The summed E-state index contributed by atoms with van der Waals surface area (Å²) in [6, 6.07) is 12.5. The van der Waals surface area contributed by atoms with Crippen molar-refractivity contribution in [3.05, 3.63) is 82.8 Å². The minimum absolute atomic E-state index is 0.0912. The van der Waals surface area contributed by atoms with Gasteiger partial charge in [-0.15, -0.1) is 0 Å². The number of halogens is 1. The number of aryl methyl sites for hydroxylation is 4. The highest BCUT2D eigenvalue weighted by Gasteiger charge is 2.12. The molecule has 0 saturated heterocycles. The van der Waals surface area contributed by atoms with Crippen molar-refractivity contribution < 1.29 is 4.39 Å². The lowest BCUT2D eigenvalue weighted by atomic mass is 9.86.